The first kappa shape index (κ1) is 15.2. The molecule has 9 nitrogen and oxygen atoms in total. The lowest BCUT2D eigenvalue weighted by atomic mass is 10.2. The van der Waals surface area contributed by atoms with E-state index in [1.165, 1.54) is 26.3 Å². The average Bonchev–Trinajstić information content (AvgIpc) is 2.37. The first-order valence-corrected chi connectivity index (χ1v) is 5.41. The number of nitrogens with one attached hydrogen (secondary N) is 1. The van der Waals surface area contributed by atoms with E-state index in [1.807, 2.05) is 0 Å². The van der Waals surface area contributed by atoms with Gasteiger partial charge in [-0.3, -0.25) is 14.9 Å². The number of hydrogen-bond donors (Lipinski definition) is 2. The summed E-state index contributed by atoms with van der Waals surface area (Å²) in [5.41, 5.74) is 0.0269. The molecule has 0 saturated heterocycles. The highest BCUT2D eigenvalue weighted by atomic mass is 16.6. The molecule has 1 aromatic rings. The highest BCUT2D eigenvalue weighted by Gasteiger charge is 2.16. The molecule has 0 heterocycles. The summed E-state index contributed by atoms with van der Waals surface area (Å²) in [4.78, 5) is 33.2. The highest BCUT2D eigenvalue weighted by molar-refractivity contribution is 5.92. The van der Waals surface area contributed by atoms with Crippen LogP contribution in [0, 0.1) is 10.1 Å². The molecule has 9 heteroatoms. The third-order valence-corrected chi connectivity index (χ3v) is 2.36. The van der Waals surface area contributed by atoms with Crippen molar-refractivity contribution in [2.75, 3.05) is 26.0 Å². The van der Waals surface area contributed by atoms with Gasteiger partial charge in [0.1, 0.15) is 12.3 Å². The van der Waals surface area contributed by atoms with E-state index in [-0.39, 0.29) is 17.1 Å². The van der Waals surface area contributed by atoms with Crippen molar-refractivity contribution in [3.05, 3.63) is 28.3 Å². The highest BCUT2D eigenvalue weighted by Crippen LogP contribution is 2.29. The summed E-state index contributed by atoms with van der Waals surface area (Å²) < 4.78 is 4.94. The molecule has 0 radical (unpaired) electrons. The summed E-state index contributed by atoms with van der Waals surface area (Å²) in [6.45, 7) is -0.471. The van der Waals surface area contributed by atoms with Gasteiger partial charge in [-0.25, -0.2) is 4.79 Å². The Labute approximate surface area is 113 Å². The summed E-state index contributed by atoms with van der Waals surface area (Å²) in [5.74, 6) is -1.05. The van der Waals surface area contributed by atoms with Crippen molar-refractivity contribution in [2.24, 2.45) is 0 Å². The Hall–Kier alpha value is -2.84. The maximum absolute atomic E-state index is 11.7. The molecule has 0 aliphatic carbocycles. The third kappa shape index (κ3) is 3.83. The molecule has 0 atom stereocenters. The van der Waals surface area contributed by atoms with Crippen LogP contribution < -0.4 is 10.1 Å². The molecule has 0 saturated carbocycles. The Kier molecular flexibility index (Phi) is 4.84. The third-order valence-electron chi connectivity index (χ3n) is 2.36. The number of non-ortho nitro benzene ring substituents is 1. The summed E-state index contributed by atoms with van der Waals surface area (Å²) in [5, 5.41) is 21.6. The van der Waals surface area contributed by atoms with E-state index in [1.54, 1.807) is 0 Å². The number of carbonyl (C=O) groups excluding carboxylic acids is 1. The van der Waals surface area contributed by atoms with Crippen LogP contribution in [0.2, 0.25) is 0 Å². The predicted octanol–water partition coefficient (Wildman–Crippen LogP) is 1.15. The first-order chi connectivity index (χ1) is 9.35. The minimum Gasteiger partial charge on any atom is -0.494 e. The fraction of sp³-hybridized carbons (Fsp3) is 0.273. The fourth-order valence-corrected chi connectivity index (χ4v) is 1.38. The van der Waals surface area contributed by atoms with Crippen LogP contribution in [-0.4, -0.2) is 47.6 Å². The van der Waals surface area contributed by atoms with Gasteiger partial charge < -0.3 is 20.1 Å². The number of carbonyl (C=O) groups is 2. The monoisotopic (exact) mass is 283 g/mol. The first-order valence-electron chi connectivity index (χ1n) is 5.41. The van der Waals surface area contributed by atoms with Crippen molar-refractivity contribution in [1.82, 2.24) is 4.90 Å². The maximum atomic E-state index is 11.7. The number of methoxy groups -OCH3 is 1. The molecule has 0 aromatic heterocycles. The van der Waals surface area contributed by atoms with Gasteiger partial charge in [0, 0.05) is 13.1 Å². The molecular formula is C11H13N3O6. The summed E-state index contributed by atoms with van der Waals surface area (Å²) in [6, 6.07) is 3.01. The molecule has 108 valence electrons. The van der Waals surface area contributed by atoms with Gasteiger partial charge in [0.25, 0.3) is 5.69 Å². The summed E-state index contributed by atoms with van der Waals surface area (Å²) in [7, 11) is 2.61. The number of aliphatic carboxylic acids is 1. The van der Waals surface area contributed by atoms with Gasteiger partial charge in [-0.15, -0.1) is 0 Å². The quantitative estimate of drug-likeness (QED) is 0.617. The zero-order valence-electron chi connectivity index (χ0n) is 10.8. The van der Waals surface area contributed by atoms with E-state index in [0.29, 0.717) is 0 Å². The summed E-state index contributed by atoms with van der Waals surface area (Å²) in [6.07, 6.45) is 0. The zero-order chi connectivity index (χ0) is 15.3. The van der Waals surface area contributed by atoms with E-state index < -0.39 is 23.5 Å². The van der Waals surface area contributed by atoms with Crippen molar-refractivity contribution in [1.29, 1.82) is 0 Å². The lowest BCUT2D eigenvalue weighted by Gasteiger charge is -2.16. The van der Waals surface area contributed by atoms with E-state index in [2.05, 4.69) is 5.32 Å². The topological polar surface area (TPSA) is 122 Å². The predicted molar refractivity (Wildman–Crippen MR) is 68.9 cm³/mol. The zero-order valence-corrected chi connectivity index (χ0v) is 10.8. The van der Waals surface area contributed by atoms with Crippen LogP contribution in [0.25, 0.3) is 0 Å². The van der Waals surface area contributed by atoms with Crippen molar-refractivity contribution in [2.45, 2.75) is 0 Å². The normalized spacial score (nSPS) is 9.70. The number of nitrogens with zero attached hydrogens (tertiary/aromatic N) is 2. The second-order valence-electron chi connectivity index (χ2n) is 3.82. The van der Waals surface area contributed by atoms with Crippen LogP contribution in [0.3, 0.4) is 0 Å². The Bertz CT molecular complexity index is 545. The molecule has 1 aromatic carbocycles. The number of benzene rings is 1. The molecule has 0 aliphatic rings. The Morgan fingerprint density at radius 2 is 2.15 bits per heavy atom. The van der Waals surface area contributed by atoms with E-state index in [4.69, 9.17) is 9.84 Å². The molecule has 0 fully saturated rings. The Morgan fingerprint density at radius 3 is 2.65 bits per heavy atom. The molecular weight excluding hydrogens is 270 g/mol. The second-order valence-corrected chi connectivity index (χ2v) is 3.82. The lowest BCUT2D eigenvalue weighted by molar-refractivity contribution is -0.384. The van der Waals surface area contributed by atoms with Gasteiger partial charge in [-0.1, -0.05) is 0 Å². The van der Waals surface area contributed by atoms with Crippen LogP contribution in [0.15, 0.2) is 18.2 Å². The number of amides is 2. The maximum Gasteiger partial charge on any atom is 0.323 e. The van der Waals surface area contributed by atoms with Gasteiger partial charge in [0.2, 0.25) is 0 Å². The number of hydrogen-bond acceptors (Lipinski definition) is 5. The second kappa shape index (κ2) is 6.36. The van der Waals surface area contributed by atoms with Crippen molar-refractivity contribution in [3.8, 4) is 5.75 Å². The number of carboxylic acids is 1. The number of nitro groups is 1. The van der Waals surface area contributed by atoms with Crippen LogP contribution in [-0.2, 0) is 4.79 Å². The average molecular weight is 283 g/mol. The van der Waals surface area contributed by atoms with E-state index in [9.17, 15) is 19.7 Å². The number of anilines is 1. The number of likely N-dealkylation sites (N-methyl/N-ethyl adjacent to an activating group) is 1. The largest absolute Gasteiger partial charge is 0.494 e. The molecule has 0 unspecified atom stereocenters. The smallest absolute Gasteiger partial charge is 0.323 e. The van der Waals surface area contributed by atoms with Crippen molar-refractivity contribution >= 4 is 23.4 Å². The number of carboxylic acid groups (broad SMARTS) is 1. The van der Waals surface area contributed by atoms with Gasteiger partial charge in [0.15, 0.2) is 0 Å². The molecule has 0 spiro atoms. The molecule has 0 aliphatic heterocycles. The van der Waals surface area contributed by atoms with Crippen LogP contribution in [0.1, 0.15) is 0 Å². The van der Waals surface area contributed by atoms with Gasteiger partial charge in [-0.2, -0.15) is 0 Å². The Balaban J connectivity index is 2.89. The number of ether oxygens (including phenoxy) is 1. The van der Waals surface area contributed by atoms with Crippen molar-refractivity contribution < 1.29 is 24.4 Å². The minimum absolute atomic E-state index is 0.108. The van der Waals surface area contributed by atoms with Gasteiger partial charge in [-0.05, 0) is 6.07 Å². The number of rotatable bonds is 5. The molecule has 0 bridgehead atoms. The Morgan fingerprint density at radius 1 is 1.50 bits per heavy atom. The standard InChI is InChI=1S/C11H13N3O6/c1-13(6-10(15)16)11(17)12-8-4-3-7(14(18)19)5-9(8)20-2/h3-5H,6H2,1-2H3,(H,12,17)(H,15,16). The number of urea groups is 1. The molecule has 2 amide bonds. The fourth-order valence-electron chi connectivity index (χ4n) is 1.38. The van der Waals surface area contributed by atoms with Gasteiger partial charge >= 0.3 is 12.0 Å². The molecule has 2 N–H and O–H groups in total. The minimum atomic E-state index is -1.15. The van der Waals surface area contributed by atoms with Crippen LogP contribution in [0.4, 0.5) is 16.2 Å². The van der Waals surface area contributed by atoms with E-state index in [0.717, 1.165) is 11.0 Å². The number of nitro benzene ring substituents is 1. The SMILES string of the molecule is COc1cc([N+](=O)[O-])ccc1NC(=O)N(C)CC(=O)O. The van der Waals surface area contributed by atoms with E-state index >= 15 is 0 Å². The van der Waals surface area contributed by atoms with Crippen molar-refractivity contribution in [3.63, 3.8) is 0 Å². The molecule has 20 heavy (non-hydrogen) atoms. The lowest BCUT2D eigenvalue weighted by Crippen LogP contribution is -2.35. The molecule has 1 rings (SSSR count). The van der Waals surface area contributed by atoms with Gasteiger partial charge in [0.05, 0.1) is 23.8 Å². The van der Waals surface area contributed by atoms with Crippen LogP contribution >= 0.6 is 0 Å². The summed E-state index contributed by atoms with van der Waals surface area (Å²) >= 11 is 0. The van der Waals surface area contributed by atoms with Crippen LogP contribution in [0.5, 0.6) is 5.75 Å².